The van der Waals surface area contributed by atoms with Crippen LogP contribution in [0.2, 0.25) is 10.0 Å². The number of hydrogen-bond donors (Lipinski definition) is 1. The smallest absolute Gasteiger partial charge is 0.209 e. The van der Waals surface area contributed by atoms with Crippen LogP contribution in [0.1, 0.15) is 10.4 Å². The van der Waals surface area contributed by atoms with Gasteiger partial charge in [-0.05, 0) is 30.3 Å². The number of halogens is 3. The lowest BCUT2D eigenvalue weighted by atomic mass is 10.2. The number of thioether (sulfide) groups is 1. The molecule has 0 saturated carbocycles. The number of aromatic nitrogens is 3. The lowest BCUT2D eigenvalue weighted by Gasteiger charge is -2.00. The van der Waals surface area contributed by atoms with E-state index in [-0.39, 0.29) is 11.5 Å². The third-order valence-electron chi connectivity index (χ3n) is 3.15. The number of H-pyrrole nitrogens is 1. The Labute approximate surface area is 161 Å². The maximum absolute atomic E-state index is 12.2. The monoisotopic (exact) mass is 441 g/mol. The highest BCUT2D eigenvalue weighted by atomic mass is 79.9. The maximum atomic E-state index is 12.2. The van der Waals surface area contributed by atoms with Crippen LogP contribution in [-0.4, -0.2) is 26.7 Å². The normalized spacial score (nSPS) is 10.8. The first-order chi connectivity index (χ1) is 11.5. The Hall–Kier alpha value is -1.34. The highest BCUT2D eigenvalue weighted by Crippen LogP contribution is 2.29. The molecule has 1 aromatic heterocycles. The fourth-order valence-electron chi connectivity index (χ4n) is 1.96. The van der Waals surface area contributed by atoms with Crippen LogP contribution < -0.4 is 0 Å². The number of carbonyl (C=O) groups excluding carboxylic acids is 1. The number of benzene rings is 2. The molecule has 122 valence electrons. The molecule has 0 aliphatic heterocycles. The molecule has 3 aromatic rings. The molecule has 3 rings (SSSR count). The van der Waals surface area contributed by atoms with Crippen molar-refractivity contribution in [1.82, 2.24) is 15.2 Å². The molecule has 0 fully saturated rings. The summed E-state index contributed by atoms with van der Waals surface area (Å²) in [4.78, 5) is 16.5. The fourth-order valence-corrected chi connectivity index (χ4v) is 3.42. The number of hydrogen-bond acceptors (Lipinski definition) is 4. The van der Waals surface area contributed by atoms with E-state index in [1.807, 2.05) is 12.1 Å². The summed E-state index contributed by atoms with van der Waals surface area (Å²) < 4.78 is 0.935. The van der Waals surface area contributed by atoms with Gasteiger partial charge in [0.05, 0.1) is 10.8 Å². The van der Waals surface area contributed by atoms with Crippen molar-refractivity contribution in [2.45, 2.75) is 5.16 Å². The predicted octanol–water partition coefficient (Wildman–Crippen LogP) is 5.52. The van der Waals surface area contributed by atoms with Crippen LogP contribution in [0.25, 0.3) is 11.4 Å². The molecule has 8 heteroatoms. The molecule has 1 heterocycles. The number of carbonyl (C=O) groups is 1. The summed E-state index contributed by atoms with van der Waals surface area (Å²) in [6, 6.07) is 12.4. The van der Waals surface area contributed by atoms with Gasteiger partial charge in [0.25, 0.3) is 0 Å². The van der Waals surface area contributed by atoms with E-state index in [2.05, 4.69) is 31.1 Å². The summed E-state index contributed by atoms with van der Waals surface area (Å²) in [6.45, 7) is 0. The standard InChI is InChI=1S/C16H10BrCl2N3OS/c17-10-3-1-9(2-4-10)14(23)8-24-16-20-15(21-22-16)12-6-5-11(18)7-13(12)19/h1-7H,8H2,(H,20,21,22). The van der Waals surface area contributed by atoms with Crippen molar-refractivity contribution in [3.05, 3.63) is 62.5 Å². The van der Waals surface area contributed by atoms with E-state index < -0.39 is 0 Å². The number of rotatable bonds is 5. The second-order valence-electron chi connectivity index (χ2n) is 4.81. The fraction of sp³-hybridized carbons (Fsp3) is 0.0625. The molecular weight excluding hydrogens is 433 g/mol. The quantitative estimate of drug-likeness (QED) is 0.417. The number of aromatic amines is 1. The third-order valence-corrected chi connectivity index (χ3v) is 5.07. The van der Waals surface area contributed by atoms with Crippen molar-refractivity contribution < 1.29 is 4.79 Å². The Morgan fingerprint density at radius 1 is 1.17 bits per heavy atom. The predicted molar refractivity (Wildman–Crippen MR) is 101 cm³/mol. The van der Waals surface area contributed by atoms with E-state index in [1.165, 1.54) is 11.8 Å². The Morgan fingerprint density at radius 2 is 1.92 bits per heavy atom. The van der Waals surface area contributed by atoms with Gasteiger partial charge in [-0.25, -0.2) is 4.98 Å². The van der Waals surface area contributed by atoms with Crippen molar-refractivity contribution in [3.8, 4) is 11.4 Å². The van der Waals surface area contributed by atoms with Crippen LogP contribution in [-0.2, 0) is 0 Å². The van der Waals surface area contributed by atoms with Gasteiger partial charge >= 0.3 is 0 Å². The van der Waals surface area contributed by atoms with Gasteiger partial charge in [0.2, 0.25) is 5.16 Å². The first-order valence-corrected chi connectivity index (χ1v) is 9.36. The Kier molecular flexibility index (Phi) is 5.61. The Bertz CT molecular complexity index is 883. The number of nitrogens with one attached hydrogen (secondary N) is 1. The first kappa shape index (κ1) is 17.5. The molecule has 0 unspecified atom stereocenters. The highest BCUT2D eigenvalue weighted by Gasteiger charge is 2.12. The molecule has 0 atom stereocenters. The van der Waals surface area contributed by atoms with Crippen LogP contribution in [0.4, 0.5) is 0 Å². The molecule has 0 radical (unpaired) electrons. The molecule has 1 N–H and O–H groups in total. The minimum Gasteiger partial charge on any atom is -0.293 e. The van der Waals surface area contributed by atoms with Gasteiger partial charge in [-0.3, -0.25) is 9.89 Å². The van der Waals surface area contributed by atoms with Crippen LogP contribution in [0.15, 0.2) is 52.1 Å². The summed E-state index contributed by atoms with van der Waals surface area (Å²) in [6.07, 6.45) is 0. The summed E-state index contributed by atoms with van der Waals surface area (Å²) in [5.41, 5.74) is 1.36. The molecule has 0 saturated heterocycles. The second-order valence-corrected chi connectivity index (χ2v) is 7.51. The van der Waals surface area contributed by atoms with Crippen molar-refractivity contribution in [1.29, 1.82) is 0 Å². The lowest BCUT2D eigenvalue weighted by molar-refractivity contribution is 0.102. The zero-order valence-corrected chi connectivity index (χ0v) is 16.0. The SMILES string of the molecule is O=C(CSc1n[nH]c(-c2ccc(Cl)cc2Cl)n1)c1ccc(Br)cc1. The highest BCUT2D eigenvalue weighted by molar-refractivity contribution is 9.10. The van der Waals surface area contributed by atoms with E-state index >= 15 is 0 Å². The summed E-state index contributed by atoms with van der Waals surface area (Å²) >= 11 is 16.7. The van der Waals surface area contributed by atoms with Crippen LogP contribution in [0.3, 0.4) is 0 Å². The van der Waals surface area contributed by atoms with Gasteiger partial charge in [0, 0.05) is 20.6 Å². The average Bonchev–Trinajstić information content (AvgIpc) is 3.02. The largest absolute Gasteiger partial charge is 0.293 e. The second kappa shape index (κ2) is 7.70. The van der Waals surface area contributed by atoms with Gasteiger partial charge in [0.1, 0.15) is 0 Å². The van der Waals surface area contributed by atoms with Gasteiger partial charge in [-0.15, -0.1) is 5.10 Å². The Morgan fingerprint density at radius 3 is 2.62 bits per heavy atom. The molecule has 2 aromatic carbocycles. The van der Waals surface area contributed by atoms with Crippen molar-refractivity contribution in [2.75, 3.05) is 5.75 Å². The summed E-state index contributed by atoms with van der Waals surface area (Å²) in [5.74, 6) is 0.812. The van der Waals surface area contributed by atoms with Crippen LogP contribution >= 0.6 is 50.9 Å². The number of ketones is 1. The van der Waals surface area contributed by atoms with Crippen molar-refractivity contribution in [2.24, 2.45) is 0 Å². The van der Waals surface area contributed by atoms with Crippen molar-refractivity contribution >= 4 is 56.7 Å². The molecule has 0 aliphatic rings. The number of nitrogens with zero attached hydrogens (tertiary/aromatic N) is 2. The zero-order valence-electron chi connectivity index (χ0n) is 12.1. The van der Waals surface area contributed by atoms with Gasteiger partial charge < -0.3 is 0 Å². The van der Waals surface area contributed by atoms with E-state index in [0.29, 0.717) is 32.2 Å². The topological polar surface area (TPSA) is 58.6 Å². The molecule has 24 heavy (non-hydrogen) atoms. The molecule has 0 bridgehead atoms. The maximum Gasteiger partial charge on any atom is 0.209 e. The molecule has 0 aliphatic carbocycles. The number of Topliss-reactive ketones (excluding diaryl/α,β-unsaturated/α-hetero) is 1. The van der Waals surface area contributed by atoms with Crippen molar-refractivity contribution in [3.63, 3.8) is 0 Å². The van der Waals surface area contributed by atoms with E-state index in [4.69, 9.17) is 23.2 Å². The Balaban J connectivity index is 1.68. The molecule has 4 nitrogen and oxygen atoms in total. The molecule has 0 spiro atoms. The lowest BCUT2D eigenvalue weighted by Crippen LogP contribution is -2.02. The van der Waals surface area contributed by atoms with Crippen LogP contribution in [0.5, 0.6) is 0 Å². The third kappa shape index (κ3) is 4.19. The first-order valence-electron chi connectivity index (χ1n) is 6.82. The van der Waals surface area contributed by atoms with Gasteiger partial charge in [0.15, 0.2) is 11.6 Å². The van der Waals surface area contributed by atoms with Gasteiger partial charge in [-0.2, -0.15) is 0 Å². The summed E-state index contributed by atoms with van der Waals surface area (Å²) in [5, 5.41) is 8.47. The van der Waals surface area contributed by atoms with E-state index in [1.54, 1.807) is 30.3 Å². The molecular formula is C16H10BrCl2N3OS. The van der Waals surface area contributed by atoms with E-state index in [0.717, 1.165) is 4.47 Å². The summed E-state index contributed by atoms with van der Waals surface area (Å²) in [7, 11) is 0. The van der Waals surface area contributed by atoms with Crippen LogP contribution in [0, 0.1) is 0 Å². The minimum atomic E-state index is 0.0170. The molecule has 0 amide bonds. The van der Waals surface area contributed by atoms with Gasteiger partial charge in [-0.1, -0.05) is 63.0 Å². The zero-order chi connectivity index (χ0) is 17.1. The average molecular weight is 443 g/mol. The van der Waals surface area contributed by atoms with E-state index in [9.17, 15) is 4.79 Å². The minimum absolute atomic E-state index is 0.0170.